The first kappa shape index (κ1) is 14.3. The van der Waals surface area contributed by atoms with E-state index in [4.69, 9.17) is 9.47 Å². The molecule has 1 N–H and O–H groups in total. The van der Waals surface area contributed by atoms with Crippen LogP contribution in [-0.2, 0) is 4.74 Å². The van der Waals surface area contributed by atoms with Gasteiger partial charge in [0.05, 0.1) is 5.52 Å². The summed E-state index contributed by atoms with van der Waals surface area (Å²) in [5, 5.41) is 4.35. The minimum Gasteiger partial charge on any atom is -0.487 e. The fourth-order valence-electron chi connectivity index (χ4n) is 2.80. The number of nitrogens with one attached hydrogen (secondary N) is 1. The molecule has 1 heterocycles. The van der Waals surface area contributed by atoms with Crippen LogP contribution in [0, 0.1) is 0 Å². The second-order valence-corrected chi connectivity index (χ2v) is 5.45. The van der Waals surface area contributed by atoms with E-state index >= 15 is 0 Å². The zero-order valence-corrected chi connectivity index (χ0v) is 12.6. The molecule has 4 heteroatoms. The van der Waals surface area contributed by atoms with E-state index in [-0.39, 0.29) is 12.2 Å². The van der Waals surface area contributed by atoms with Crippen molar-refractivity contribution in [2.24, 2.45) is 0 Å². The van der Waals surface area contributed by atoms with Crippen LogP contribution in [0.2, 0.25) is 0 Å². The average Bonchev–Trinajstić information content (AvgIpc) is 2.51. The lowest BCUT2D eigenvalue weighted by Crippen LogP contribution is -2.60. The molecule has 3 rings (SSSR count). The lowest BCUT2D eigenvalue weighted by Gasteiger charge is -2.43. The smallest absolute Gasteiger partial charge is 0.129 e. The van der Waals surface area contributed by atoms with Gasteiger partial charge in [0.25, 0.3) is 0 Å². The molecule has 1 aromatic heterocycles. The third kappa shape index (κ3) is 2.87. The van der Waals surface area contributed by atoms with Crippen LogP contribution in [0.3, 0.4) is 0 Å². The lowest BCUT2D eigenvalue weighted by atomic mass is 9.85. The normalized spacial score (nSPS) is 24.8. The van der Waals surface area contributed by atoms with E-state index in [1.54, 1.807) is 6.20 Å². The Bertz CT molecular complexity index is 597. The highest BCUT2D eigenvalue weighted by Crippen LogP contribution is 2.32. The van der Waals surface area contributed by atoms with Gasteiger partial charge in [0.1, 0.15) is 18.0 Å². The van der Waals surface area contributed by atoms with Crippen LogP contribution in [0.5, 0.6) is 5.75 Å². The maximum atomic E-state index is 6.20. The van der Waals surface area contributed by atoms with Crippen molar-refractivity contribution in [3.8, 4) is 5.75 Å². The summed E-state index contributed by atoms with van der Waals surface area (Å²) in [4.78, 5) is 4.37. The molecular weight excluding hydrogens is 264 g/mol. The van der Waals surface area contributed by atoms with E-state index in [1.807, 2.05) is 37.4 Å². The van der Waals surface area contributed by atoms with Crippen LogP contribution in [0.4, 0.5) is 0 Å². The van der Waals surface area contributed by atoms with Crippen molar-refractivity contribution >= 4 is 10.9 Å². The molecule has 0 spiro atoms. The Morgan fingerprint density at radius 2 is 2.19 bits per heavy atom. The van der Waals surface area contributed by atoms with Crippen LogP contribution in [-0.4, -0.2) is 36.9 Å². The third-order valence-corrected chi connectivity index (χ3v) is 4.02. The molecule has 3 atom stereocenters. The Morgan fingerprint density at radius 3 is 3.00 bits per heavy atom. The van der Waals surface area contributed by atoms with Gasteiger partial charge in [-0.1, -0.05) is 13.0 Å². The highest BCUT2D eigenvalue weighted by atomic mass is 16.5. The number of likely N-dealkylation sites (N-methyl/N-ethyl adjacent to an activating group) is 1. The van der Waals surface area contributed by atoms with Crippen molar-refractivity contribution in [3.63, 3.8) is 0 Å². The van der Waals surface area contributed by atoms with Gasteiger partial charge in [-0.2, -0.15) is 0 Å². The van der Waals surface area contributed by atoms with E-state index < -0.39 is 0 Å². The summed E-state index contributed by atoms with van der Waals surface area (Å²) in [6, 6.07) is 10.4. The fourth-order valence-corrected chi connectivity index (χ4v) is 2.80. The molecule has 4 nitrogen and oxygen atoms in total. The topological polar surface area (TPSA) is 43.4 Å². The number of benzene rings is 1. The molecule has 0 aliphatic heterocycles. The van der Waals surface area contributed by atoms with E-state index in [0.29, 0.717) is 6.04 Å². The SMILES string of the molecule is CCCOC1C(NC)CC1Oc1cccc2ncccc12. The van der Waals surface area contributed by atoms with E-state index in [2.05, 4.69) is 17.2 Å². The lowest BCUT2D eigenvalue weighted by molar-refractivity contribution is -0.105. The predicted molar refractivity (Wildman–Crippen MR) is 83.7 cm³/mol. The Morgan fingerprint density at radius 1 is 1.29 bits per heavy atom. The number of ether oxygens (including phenoxy) is 2. The standard InChI is InChI=1S/C17H22N2O2/c1-3-10-20-17-14(18-2)11-16(17)21-15-8-4-7-13-12(15)6-5-9-19-13/h4-9,14,16-18H,3,10-11H2,1-2H3. The largest absolute Gasteiger partial charge is 0.487 e. The van der Waals surface area contributed by atoms with Gasteiger partial charge in [0.15, 0.2) is 0 Å². The molecule has 1 aliphatic carbocycles. The number of hydrogen-bond donors (Lipinski definition) is 1. The molecular formula is C17H22N2O2. The first-order valence-electron chi connectivity index (χ1n) is 7.62. The Kier molecular flexibility index (Phi) is 4.36. The molecule has 1 fully saturated rings. The monoisotopic (exact) mass is 286 g/mol. The van der Waals surface area contributed by atoms with Gasteiger partial charge < -0.3 is 14.8 Å². The number of pyridine rings is 1. The van der Waals surface area contributed by atoms with E-state index in [1.165, 1.54) is 0 Å². The zero-order valence-electron chi connectivity index (χ0n) is 12.6. The molecule has 1 aliphatic rings. The summed E-state index contributed by atoms with van der Waals surface area (Å²) in [5.74, 6) is 0.894. The molecule has 0 amide bonds. The summed E-state index contributed by atoms with van der Waals surface area (Å²) in [6.45, 7) is 2.90. The maximum Gasteiger partial charge on any atom is 0.129 e. The Labute approximate surface area is 125 Å². The second kappa shape index (κ2) is 6.41. The summed E-state index contributed by atoms with van der Waals surface area (Å²) >= 11 is 0. The molecule has 1 saturated carbocycles. The van der Waals surface area contributed by atoms with Crippen LogP contribution in [0.15, 0.2) is 36.5 Å². The second-order valence-electron chi connectivity index (χ2n) is 5.45. The first-order valence-corrected chi connectivity index (χ1v) is 7.62. The highest BCUT2D eigenvalue weighted by Gasteiger charge is 2.43. The minimum absolute atomic E-state index is 0.111. The Hall–Kier alpha value is -1.65. The summed E-state index contributed by atoms with van der Waals surface area (Å²) in [5.41, 5.74) is 0.963. The number of fused-ring (bicyclic) bond motifs is 1. The summed E-state index contributed by atoms with van der Waals surface area (Å²) in [7, 11) is 1.98. The number of rotatable bonds is 6. The molecule has 0 bridgehead atoms. The summed E-state index contributed by atoms with van der Waals surface area (Å²) < 4.78 is 12.1. The van der Waals surface area contributed by atoms with Crippen molar-refractivity contribution < 1.29 is 9.47 Å². The summed E-state index contributed by atoms with van der Waals surface area (Å²) in [6.07, 6.45) is 4.04. The zero-order chi connectivity index (χ0) is 14.7. The predicted octanol–water partition coefficient (Wildman–Crippen LogP) is 2.77. The molecule has 112 valence electrons. The molecule has 0 radical (unpaired) electrons. The first-order chi connectivity index (χ1) is 10.3. The van der Waals surface area contributed by atoms with E-state index in [9.17, 15) is 0 Å². The van der Waals surface area contributed by atoms with Gasteiger partial charge >= 0.3 is 0 Å². The minimum atomic E-state index is 0.111. The van der Waals surface area contributed by atoms with Crippen molar-refractivity contribution in [3.05, 3.63) is 36.5 Å². The van der Waals surface area contributed by atoms with Crippen LogP contribution < -0.4 is 10.1 Å². The van der Waals surface area contributed by atoms with Crippen molar-refractivity contribution in [2.75, 3.05) is 13.7 Å². The fraction of sp³-hybridized carbons (Fsp3) is 0.471. The quantitative estimate of drug-likeness (QED) is 0.887. The third-order valence-electron chi connectivity index (χ3n) is 4.02. The van der Waals surface area contributed by atoms with Crippen LogP contribution in [0.1, 0.15) is 19.8 Å². The van der Waals surface area contributed by atoms with Crippen LogP contribution in [0.25, 0.3) is 10.9 Å². The van der Waals surface area contributed by atoms with Crippen molar-refractivity contribution in [1.82, 2.24) is 10.3 Å². The number of nitrogens with zero attached hydrogens (tertiary/aromatic N) is 1. The maximum absolute atomic E-state index is 6.20. The van der Waals surface area contributed by atoms with Gasteiger partial charge in [-0.3, -0.25) is 4.98 Å². The molecule has 21 heavy (non-hydrogen) atoms. The molecule has 3 unspecified atom stereocenters. The van der Waals surface area contributed by atoms with Gasteiger partial charge in [0.2, 0.25) is 0 Å². The molecule has 1 aromatic carbocycles. The van der Waals surface area contributed by atoms with Crippen molar-refractivity contribution in [1.29, 1.82) is 0 Å². The number of aromatic nitrogens is 1. The highest BCUT2D eigenvalue weighted by molar-refractivity contribution is 5.84. The molecule has 2 aromatic rings. The van der Waals surface area contributed by atoms with Gasteiger partial charge in [-0.25, -0.2) is 0 Å². The molecule has 0 saturated heterocycles. The van der Waals surface area contributed by atoms with Gasteiger partial charge in [-0.15, -0.1) is 0 Å². The van der Waals surface area contributed by atoms with Gasteiger partial charge in [-0.05, 0) is 37.7 Å². The Balaban J connectivity index is 1.76. The van der Waals surface area contributed by atoms with Gasteiger partial charge in [0, 0.05) is 30.7 Å². The number of hydrogen-bond acceptors (Lipinski definition) is 4. The van der Waals surface area contributed by atoms with E-state index in [0.717, 1.165) is 36.1 Å². The van der Waals surface area contributed by atoms with Crippen LogP contribution >= 0.6 is 0 Å². The van der Waals surface area contributed by atoms with Crippen molar-refractivity contribution in [2.45, 2.75) is 38.0 Å². The average molecular weight is 286 g/mol.